The maximum Gasteiger partial charge on any atom is 0.332 e. The van der Waals surface area contributed by atoms with Crippen LogP contribution in [0.4, 0.5) is 0 Å². The number of nitrogens with zero attached hydrogens (tertiary/aromatic N) is 2. The lowest BCUT2D eigenvalue weighted by atomic mass is 10.0. The molecule has 0 radical (unpaired) electrons. The van der Waals surface area contributed by atoms with E-state index in [9.17, 15) is 4.79 Å². The molecule has 0 saturated carbocycles. The van der Waals surface area contributed by atoms with Gasteiger partial charge < -0.3 is 4.74 Å². The van der Waals surface area contributed by atoms with E-state index in [1.807, 2.05) is 48.3 Å². The molecule has 0 aliphatic carbocycles. The second-order valence-corrected chi connectivity index (χ2v) is 6.34. The first-order valence-electron chi connectivity index (χ1n) is 9.18. The summed E-state index contributed by atoms with van der Waals surface area (Å²) in [6.07, 6.45) is 6.52. The summed E-state index contributed by atoms with van der Waals surface area (Å²) in [7, 11) is 0. The van der Waals surface area contributed by atoms with Gasteiger partial charge in [0, 0.05) is 18.2 Å². The van der Waals surface area contributed by atoms with Crippen LogP contribution in [0.15, 0.2) is 83.6 Å². The van der Waals surface area contributed by atoms with Gasteiger partial charge in [-0.25, -0.2) is 4.79 Å². The zero-order chi connectivity index (χ0) is 19.1. The van der Waals surface area contributed by atoms with Crippen molar-refractivity contribution in [3.8, 4) is 0 Å². The van der Waals surface area contributed by atoms with Crippen LogP contribution in [-0.4, -0.2) is 29.3 Å². The van der Waals surface area contributed by atoms with Crippen LogP contribution in [0, 0.1) is 0 Å². The lowest BCUT2D eigenvalue weighted by molar-refractivity contribution is -0.137. The minimum Gasteiger partial charge on any atom is -0.463 e. The lowest BCUT2D eigenvalue weighted by Crippen LogP contribution is -2.23. The minimum atomic E-state index is -0.343. The van der Waals surface area contributed by atoms with Gasteiger partial charge >= 0.3 is 5.97 Å². The second kappa shape index (κ2) is 8.99. The van der Waals surface area contributed by atoms with E-state index < -0.39 is 0 Å². The van der Waals surface area contributed by atoms with Crippen LogP contribution in [0.2, 0.25) is 0 Å². The van der Waals surface area contributed by atoms with Gasteiger partial charge in [0.1, 0.15) is 0 Å². The van der Waals surface area contributed by atoms with Crippen LogP contribution in [0.1, 0.15) is 31.4 Å². The van der Waals surface area contributed by atoms with Gasteiger partial charge in [0.05, 0.1) is 18.4 Å². The van der Waals surface area contributed by atoms with Crippen LogP contribution in [0.25, 0.3) is 6.08 Å². The zero-order valence-electron chi connectivity index (χ0n) is 15.7. The fourth-order valence-electron chi connectivity index (χ4n) is 3.03. The summed E-state index contributed by atoms with van der Waals surface area (Å²) in [4.78, 5) is 11.9. The Morgan fingerprint density at radius 3 is 2.48 bits per heavy atom. The molecule has 1 atom stereocenters. The van der Waals surface area contributed by atoms with Gasteiger partial charge in [0.2, 0.25) is 0 Å². The predicted molar refractivity (Wildman–Crippen MR) is 109 cm³/mol. The molecule has 0 spiro atoms. The Morgan fingerprint density at radius 1 is 1.15 bits per heavy atom. The number of esters is 1. The molecular formula is C23H24N2O2. The van der Waals surface area contributed by atoms with Crippen LogP contribution in [0.5, 0.6) is 0 Å². The van der Waals surface area contributed by atoms with E-state index in [4.69, 9.17) is 9.84 Å². The predicted octanol–water partition coefficient (Wildman–Crippen LogP) is 4.65. The number of carbonyl (C=O) groups excluding carboxylic acids is 1. The molecule has 0 saturated heterocycles. The number of hydrogen-bond acceptors (Lipinski definition) is 4. The summed E-state index contributed by atoms with van der Waals surface area (Å²) in [6, 6.07) is 20.4. The summed E-state index contributed by atoms with van der Waals surface area (Å²) in [6.45, 7) is 4.05. The fraction of sp³-hybridized carbons (Fsp3) is 0.217. The maximum absolute atomic E-state index is 11.9. The zero-order valence-corrected chi connectivity index (χ0v) is 15.7. The average Bonchev–Trinajstić information content (AvgIpc) is 3.12. The molecule has 3 rings (SSSR count). The number of allylic oxidation sites excluding steroid dienone is 1. The van der Waals surface area contributed by atoms with E-state index in [-0.39, 0.29) is 12.0 Å². The SMILES string of the molecule is CCOC(=O)C=C(C)N1N=C(c2ccccc2)CC1C=Cc1ccccc1. The van der Waals surface area contributed by atoms with Gasteiger partial charge in [-0.05, 0) is 25.0 Å². The fourth-order valence-corrected chi connectivity index (χ4v) is 3.03. The highest BCUT2D eigenvalue weighted by atomic mass is 16.5. The van der Waals surface area contributed by atoms with Crippen LogP contribution >= 0.6 is 0 Å². The topological polar surface area (TPSA) is 41.9 Å². The monoisotopic (exact) mass is 360 g/mol. The van der Waals surface area contributed by atoms with Crippen LogP contribution in [0.3, 0.4) is 0 Å². The molecule has 2 aromatic carbocycles. The molecule has 1 aliphatic rings. The molecule has 0 amide bonds. The number of rotatable bonds is 6. The van der Waals surface area contributed by atoms with Crippen molar-refractivity contribution in [1.29, 1.82) is 0 Å². The first-order valence-corrected chi connectivity index (χ1v) is 9.18. The first kappa shape index (κ1) is 18.6. The van der Waals surface area contributed by atoms with Crippen molar-refractivity contribution >= 4 is 17.8 Å². The normalized spacial score (nSPS) is 17.3. The van der Waals surface area contributed by atoms with Crippen molar-refractivity contribution in [2.24, 2.45) is 5.10 Å². The van der Waals surface area contributed by atoms with E-state index in [2.05, 4.69) is 36.4 Å². The summed E-state index contributed by atoms with van der Waals surface area (Å²) < 4.78 is 5.04. The lowest BCUT2D eigenvalue weighted by Gasteiger charge is -2.21. The molecule has 4 nitrogen and oxygen atoms in total. The van der Waals surface area contributed by atoms with Crippen molar-refractivity contribution in [1.82, 2.24) is 5.01 Å². The number of ether oxygens (including phenoxy) is 1. The van der Waals surface area contributed by atoms with E-state index >= 15 is 0 Å². The number of hydrogen-bond donors (Lipinski definition) is 0. The summed E-state index contributed by atoms with van der Waals surface area (Å²) >= 11 is 0. The number of hydrazone groups is 1. The standard InChI is InChI=1S/C23H24N2O2/c1-3-27-23(26)16-18(2)25-21(15-14-19-10-6-4-7-11-19)17-22(24-25)20-12-8-5-9-13-20/h4-16,21H,3,17H2,1-2H3. The Kier molecular flexibility index (Phi) is 6.21. The van der Waals surface area contributed by atoms with Gasteiger partial charge in [-0.3, -0.25) is 5.01 Å². The van der Waals surface area contributed by atoms with E-state index in [1.54, 1.807) is 6.92 Å². The molecule has 0 N–H and O–H groups in total. The van der Waals surface area contributed by atoms with Gasteiger partial charge in [-0.1, -0.05) is 72.8 Å². The van der Waals surface area contributed by atoms with Crippen molar-refractivity contribution in [2.45, 2.75) is 26.3 Å². The molecule has 1 aliphatic heterocycles. The summed E-state index contributed by atoms with van der Waals surface area (Å²) in [5, 5.41) is 6.69. The third kappa shape index (κ3) is 4.94. The Balaban J connectivity index is 1.86. The van der Waals surface area contributed by atoms with Crippen molar-refractivity contribution in [3.63, 3.8) is 0 Å². The van der Waals surface area contributed by atoms with E-state index in [0.29, 0.717) is 6.61 Å². The molecule has 1 unspecified atom stereocenters. The molecule has 2 aromatic rings. The highest BCUT2D eigenvalue weighted by Gasteiger charge is 2.26. The molecule has 27 heavy (non-hydrogen) atoms. The Morgan fingerprint density at radius 2 is 1.81 bits per heavy atom. The quantitative estimate of drug-likeness (QED) is 0.556. The highest BCUT2D eigenvalue weighted by Crippen LogP contribution is 2.25. The van der Waals surface area contributed by atoms with Gasteiger partial charge in [0.15, 0.2) is 0 Å². The number of benzene rings is 2. The first-order chi connectivity index (χ1) is 13.2. The molecule has 0 bridgehead atoms. The Labute approximate surface area is 160 Å². The van der Waals surface area contributed by atoms with Crippen molar-refractivity contribution in [2.75, 3.05) is 6.61 Å². The smallest absolute Gasteiger partial charge is 0.332 e. The van der Waals surface area contributed by atoms with Crippen molar-refractivity contribution in [3.05, 3.63) is 89.6 Å². The van der Waals surface area contributed by atoms with Gasteiger partial charge in [0.25, 0.3) is 0 Å². The summed E-state index contributed by atoms with van der Waals surface area (Å²) in [5.74, 6) is -0.343. The van der Waals surface area contributed by atoms with E-state index in [0.717, 1.165) is 29.0 Å². The third-order valence-electron chi connectivity index (χ3n) is 4.34. The largest absolute Gasteiger partial charge is 0.463 e. The molecule has 138 valence electrons. The minimum absolute atomic E-state index is 0.0473. The van der Waals surface area contributed by atoms with Crippen molar-refractivity contribution < 1.29 is 9.53 Å². The van der Waals surface area contributed by atoms with E-state index in [1.165, 1.54) is 6.08 Å². The van der Waals surface area contributed by atoms with Gasteiger partial charge in [-0.15, -0.1) is 0 Å². The van der Waals surface area contributed by atoms with Gasteiger partial charge in [-0.2, -0.15) is 5.10 Å². The average molecular weight is 360 g/mol. The molecule has 0 aromatic heterocycles. The highest BCUT2D eigenvalue weighted by molar-refractivity contribution is 6.02. The molecular weight excluding hydrogens is 336 g/mol. The third-order valence-corrected chi connectivity index (χ3v) is 4.34. The number of carbonyl (C=O) groups is 1. The Hall–Kier alpha value is -3.14. The second-order valence-electron chi connectivity index (χ2n) is 6.34. The molecule has 4 heteroatoms. The van der Waals surface area contributed by atoms with Crippen LogP contribution in [-0.2, 0) is 9.53 Å². The molecule has 1 heterocycles. The summed E-state index contributed by atoms with van der Waals surface area (Å²) in [5.41, 5.74) is 4.01. The van der Waals surface area contributed by atoms with Crippen LogP contribution < -0.4 is 0 Å². The maximum atomic E-state index is 11.9. The Bertz CT molecular complexity index is 854. The molecule has 0 fully saturated rings.